The van der Waals surface area contributed by atoms with Crippen molar-refractivity contribution in [2.24, 2.45) is 0 Å². The number of amides is 1. The van der Waals surface area contributed by atoms with Crippen LogP contribution in [0.3, 0.4) is 0 Å². The van der Waals surface area contributed by atoms with Crippen LogP contribution in [0.4, 0.5) is 0 Å². The summed E-state index contributed by atoms with van der Waals surface area (Å²) in [5.41, 5.74) is 2.96. The maximum Gasteiger partial charge on any atom is 0.318 e. The fourth-order valence-electron chi connectivity index (χ4n) is 4.48. The van der Waals surface area contributed by atoms with E-state index in [-0.39, 0.29) is 17.8 Å². The maximum atomic E-state index is 12.8. The first-order valence-electron chi connectivity index (χ1n) is 11.0. The van der Waals surface area contributed by atoms with Crippen LogP contribution in [-0.2, 0) is 11.2 Å². The molecule has 1 aliphatic heterocycles. The summed E-state index contributed by atoms with van der Waals surface area (Å²) in [6.07, 6.45) is 2.82. The van der Waals surface area contributed by atoms with Crippen molar-refractivity contribution in [3.8, 4) is 5.75 Å². The molecule has 1 aliphatic carbocycles. The normalized spacial score (nSPS) is 19.4. The maximum absolute atomic E-state index is 12.8. The number of nitrogens with zero attached hydrogens (tertiary/aromatic N) is 2. The molecule has 158 valence electrons. The number of esters is 1. The minimum atomic E-state index is -0.217. The van der Waals surface area contributed by atoms with Gasteiger partial charge in [-0.05, 0) is 68.5 Å². The Kier molecular flexibility index (Phi) is 6.18. The largest absolute Gasteiger partial charge is 0.426 e. The van der Waals surface area contributed by atoms with E-state index in [1.807, 2.05) is 23.1 Å². The summed E-state index contributed by atoms with van der Waals surface area (Å²) in [5, 5.41) is 0. The van der Waals surface area contributed by atoms with Crippen LogP contribution in [0.5, 0.6) is 5.75 Å². The third-order valence-corrected chi connectivity index (χ3v) is 6.31. The van der Waals surface area contributed by atoms with Gasteiger partial charge >= 0.3 is 5.97 Å². The lowest BCUT2D eigenvalue weighted by molar-refractivity contribution is -0.136. The molecule has 1 unspecified atom stereocenters. The topological polar surface area (TPSA) is 49.9 Å². The smallest absolute Gasteiger partial charge is 0.318 e. The highest BCUT2D eigenvalue weighted by Gasteiger charge is 2.28. The predicted octanol–water partition coefficient (Wildman–Crippen LogP) is 3.88. The van der Waals surface area contributed by atoms with Gasteiger partial charge in [0, 0.05) is 37.8 Å². The Morgan fingerprint density at radius 1 is 0.967 bits per heavy atom. The lowest BCUT2D eigenvalue weighted by Crippen LogP contribution is -2.50. The van der Waals surface area contributed by atoms with Crippen molar-refractivity contribution < 1.29 is 14.3 Å². The van der Waals surface area contributed by atoms with Gasteiger partial charge in [-0.25, -0.2) is 0 Å². The first-order chi connectivity index (χ1) is 14.5. The van der Waals surface area contributed by atoms with E-state index < -0.39 is 0 Å². The van der Waals surface area contributed by atoms with Crippen LogP contribution in [0.1, 0.15) is 54.1 Å². The summed E-state index contributed by atoms with van der Waals surface area (Å²) in [7, 11) is 0. The molecule has 1 fully saturated rings. The van der Waals surface area contributed by atoms with E-state index in [1.54, 1.807) is 24.3 Å². The van der Waals surface area contributed by atoms with Crippen molar-refractivity contribution >= 4 is 11.9 Å². The molecule has 30 heavy (non-hydrogen) atoms. The van der Waals surface area contributed by atoms with E-state index in [4.69, 9.17) is 4.74 Å². The number of aryl methyl sites for hydroxylation is 1. The van der Waals surface area contributed by atoms with Gasteiger partial charge in [0.2, 0.25) is 0 Å². The number of rotatable bonds is 4. The molecule has 1 heterocycles. The third kappa shape index (κ3) is 4.41. The number of fused-ring (bicyclic) bond motifs is 1. The van der Waals surface area contributed by atoms with E-state index in [9.17, 15) is 9.59 Å². The highest BCUT2D eigenvalue weighted by atomic mass is 16.5. The summed E-state index contributed by atoms with van der Waals surface area (Å²) in [6.45, 7) is 7.67. The van der Waals surface area contributed by atoms with Crippen LogP contribution >= 0.6 is 0 Å². The van der Waals surface area contributed by atoms with E-state index in [1.165, 1.54) is 5.56 Å². The highest BCUT2D eigenvalue weighted by Crippen LogP contribution is 2.32. The Bertz CT molecular complexity index is 899. The minimum Gasteiger partial charge on any atom is -0.426 e. The molecule has 5 heteroatoms. The van der Waals surface area contributed by atoms with Crippen molar-refractivity contribution in [1.29, 1.82) is 0 Å². The van der Waals surface area contributed by atoms with Gasteiger partial charge < -0.3 is 9.64 Å². The molecule has 0 saturated carbocycles. The molecule has 0 N–H and O–H groups in total. The predicted molar refractivity (Wildman–Crippen MR) is 117 cm³/mol. The minimum absolute atomic E-state index is 0.0393. The van der Waals surface area contributed by atoms with Crippen molar-refractivity contribution in [2.75, 3.05) is 26.2 Å². The van der Waals surface area contributed by atoms with Crippen LogP contribution in [-0.4, -0.2) is 53.9 Å². The van der Waals surface area contributed by atoms with Crippen LogP contribution < -0.4 is 4.74 Å². The van der Waals surface area contributed by atoms with E-state index in [0.717, 1.165) is 51.0 Å². The Morgan fingerprint density at radius 3 is 2.37 bits per heavy atom. The van der Waals surface area contributed by atoms with Gasteiger partial charge in [-0.3, -0.25) is 14.5 Å². The van der Waals surface area contributed by atoms with E-state index >= 15 is 0 Å². The second-order valence-corrected chi connectivity index (χ2v) is 8.51. The number of carbonyl (C=O) groups is 2. The van der Waals surface area contributed by atoms with Crippen LogP contribution in [0.25, 0.3) is 0 Å². The molecule has 5 nitrogen and oxygen atoms in total. The van der Waals surface area contributed by atoms with Gasteiger partial charge in [-0.15, -0.1) is 0 Å². The number of carbonyl (C=O) groups excluding carboxylic acids is 2. The van der Waals surface area contributed by atoms with Crippen molar-refractivity contribution in [1.82, 2.24) is 9.80 Å². The van der Waals surface area contributed by atoms with Crippen molar-refractivity contribution in [2.45, 2.75) is 45.1 Å². The fraction of sp³-hybridized carbons (Fsp3) is 0.440. The molecule has 0 spiro atoms. The quantitative estimate of drug-likeness (QED) is 0.571. The van der Waals surface area contributed by atoms with Gasteiger partial charge in [0.05, 0.1) is 5.92 Å². The van der Waals surface area contributed by atoms with Crippen LogP contribution in [0.2, 0.25) is 0 Å². The zero-order valence-corrected chi connectivity index (χ0v) is 17.8. The Balaban J connectivity index is 1.37. The molecule has 1 atom stereocenters. The number of benzene rings is 2. The third-order valence-electron chi connectivity index (χ3n) is 6.31. The Morgan fingerprint density at radius 2 is 1.67 bits per heavy atom. The van der Waals surface area contributed by atoms with E-state index in [0.29, 0.717) is 17.4 Å². The molecule has 1 amide bonds. The molecular formula is C25H30N2O3. The van der Waals surface area contributed by atoms with Crippen LogP contribution in [0.15, 0.2) is 48.5 Å². The number of hydrogen-bond acceptors (Lipinski definition) is 4. The van der Waals surface area contributed by atoms with E-state index in [2.05, 4.69) is 24.8 Å². The summed E-state index contributed by atoms with van der Waals surface area (Å²) in [4.78, 5) is 29.9. The molecule has 2 aromatic rings. The summed E-state index contributed by atoms with van der Waals surface area (Å²) in [6, 6.07) is 15.6. The Labute approximate surface area is 178 Å². The molecular weight excluding hydrogens is 376 g/mol. The average molecular weight is 407 g/mol. The van der Waals surface area contributed by atoms with Gasteiger partial charge in [-0.2, -0.15) is 0 Å². The molecule has 0 aromatic heterocycles. The number of piperazine rings is 1. The van der Waals surface area contributed by atoms with Gasteiger partial charge in [0.15, 0.2) is 0 Å². The average Bonchev–Trinajstić information content (AvgIpc) is 2.78. The second-order valence-electron chi connectivity index (χ2n) is 8.51. The van der Waals surface area contributed by atoms with Crippen molar-refractivity contribution in [3.63, 3.8) is 0 Å². The monoisotopic (exact) mass is 406 g/mol. The second kappa shape index (κ2) is 9.00. The Hall–Kier alpha value is -2.66. The summed E-state index contributed by atoms with van der Waals surface area (Å²) in [5.74, 6) is 0.0984. The molecule has 0 radical (unpaired) electrons. The van der Waals surface area contributed by atoms with Gasteiger partial charge in [0.1, 0.15) is 5.75 Å². The molecule has 1 saturated heterocycles. The fourth-order valence-corrected chi connectivity index (χ4v) is 4.48. The number of ether oxygens (including phenoxy) is 1. The first-order valence-corrected chi connectivity index (χ1v) is 11.0. The first kappa shape index (κ1) is 20.6. The van der Waals surface area contributed by atoms with Gasteiger partial charge in [0.25, 0.3) is 5.91 Å². The molecule has 2 aliphatic rings. The lowest BCUT2D eigenvalue weighted by atomic mass is 9.83. The SMILES string of the molecule is CC(C)N1CCN(C(=O)c2ccc(OC(=O)C3CCCc4ccccc43)cc2)CC1. The summed E-state index contributed by atoms with van der Waals surface area (Å²) >= 11 is 0. The standard InChI is InChI=1S/C25H30N2O3/c1-18(2)26-14-16-27(17-15-26)24(28)20-10-12-21(13-11-20)30-25(29)23-9-5-7-19-6-3-4-8-22(19)23/h3-4,6,8,10-13,18,23H,5,7,9,14-17H2,1-2H3. The molecule has 4 rings (SSSR count). The number of hydrogen-bond donors (Lipinski definition) is 0. The molecule has 2 aromatic carbocycles. The summed E-state index contributed by atoms with van der Waals surface area (Å²) < 4.78 is 5.66. The highest BCUT2D eigenvalue weighted by molar-refractivity contribution is 5.94. The lowest BCUT2D eigenvalue weighted by Gasteiger charge is -2.37. The zero-order valence-electron chi connectivity index (χ0n) is 17.8. The van der Waals surface area contributed by atoms with Crippen LogP contribution in [0, 0.1) is 0 Å². The zero-order chi connectivity index (χ0) is 21.1. The molecule has 0 bridgehead atoms. The van der Waals surface area contributed by atoms with Gasteiger partial charge in [-0.1, -0.05) is 24.3 Å². The van der Waals surface area contributed by atoms with Crippen molar-refractivity contribution in [3.05, 3.63) is 65.2 Å².